The van der Waals surface area contributed by atoms with Crippen LogP contribution in [0.5, 0.6) is 5.75 Å². The van der Waals surface area contributed by atoms with Gasteiger partial charge in [0.1, 0.15) is 5.75 Å². The molecule has 0 radical (unpaired) electrons. The zero-order valence-electron chi connectivity index (χ0n) is 15.0. The van der Waals surface area contributed by atoms with E-state index in [0.717, 1.165) is 24.2 Å². The first-order valence-electron chi connectivity index (χ1n) is 8.96. The first kappa shape index (κ1) is 18.2. The molecule has 3 N–H and O–H groups in total. The summed E-state index contributed by atoms with van der Waals surface area (Å²) >= 11 is 0. The molecule has 1 aromatic carbocycles. The smallest absolute Gasteiger partial charge is 0.237 e. The maximum Gasteiger partial charge on any atom is 0.237 e. The van der Waals surface area contributed by atoms with E-state index in [4.69, 9.17) is 9.47 Å². The van der Waals surface area contributed by atoms with Gasteiger partial charge >= 0.3 is 0 Å². The van der Waals surface area contributed by atoms with Gasteiger partial charge < -0.3 is 25.2 Å². The number of carbonyl (C=O) groups excluding carboxylic acids is 1. The van der Waals surface area contributed by atoms with Crippen molar-refractivity contribution in [3.8, 4) is 5.75 Å². The summed E-state index contributed by atoms with van der Waals surface area (Å²) in [6.07, 6.45) is 1.71. The fourth-order valence-electron chi connectivity index (χ4n) is 3.84. The Morgan fingerprint density at radius 3 is 2.84 bits per heavy atom. The van der Waals surface area contributed by atoms with Crippen LogP contribution >= 0.6 is 0 Å². The molecule has 2 fully saturated rings. The minimum Gasteiger partial charge on any atom is -0.496 e. The Bertz CT molecular complexity index is 613. The van der Waals surface area contributed by atoms with E-state index in [-0.39, 0.29) is 17.4 Å². The lowest BCUT2D eigenvalue weighted by molar-refractivity contribution is -0.123. The van der Waals surface area contributed by atoms with Crippen LogP contribution in [0, 0.1) is 6.92 Å². The van der Waals surface area contributed by atoms with E-state index >= 15 is 0 Å². The Hall–Kier alpha value is -1.63. The number of methoxy groups -OCH3 is 1. The highest BCUT2D eigenvalue weighted by Gasteiger charge is 2.38. The molecule has 25 heavy (non-hydrogen) atoms. The Balaban J connectivity index is 1.79. The molecule has 138 valence electrons. The maximum absolute atomic E-state index is 12.5. The summed E-state index contributed by atoms with van der Waals surface area (Å²) in [5, 5.41) is 15.8. The summed E-state index contributed by atoms with van der Waals surface area (Å²) in [6.45, 7) is 4.44. The normalized spacial score (nSPS) is 25.6. The summed E-state index contributed by atoms with van der Waals surface area (Å²) in [7, 11) is 1.68. The number of hydrogen-bond acceptors (Lipinski definition) is 5. The maximum atomic E-state index is 12.5. The zero-order chi connectivity index (χ0) is 17.9. The average molecular weight is 348 g/mol. The number of hydrogen-bond donors (Lipinski definition) is 3. The monoisotopic (exact) mass is 348 g/mol. The minimum absolute atomic E-state index is 0.0472. The average Bonchev–Trinajstić information content (AvgIpc) is 3.07. The van der Waals surface area contributed by atoms with Crippen molar-refractivity contribution in [2.45, 2.75) is 43.7 Å². The fourth-order valence-corrected chi connectivity index (χ4v) is 3.84. The van der Waals surface area contributed by atoms with Crippen molar-refractivity contribution < 1.29 is 19.4 Å². The Labute approximate surface area is 148 Å². The molecular weight excluding hydrogens is 320 g/mol. The second-order valence-corrected chi connectivity index (χ2v) is 7.16. The number of aliphatic hydroxyl groups is 1. The number of amides is 1. The van der Waals surface area contributed by atoms with E-state index < -0.39 is 6.10 Å². The van der Waals surface area contributed by atoms with E-state index in [1.807, 2.05) is 12.1 Å². The first-order chi connectivity index (χ1) is 12.0. The molecule has 1 amide bonds. The lowest BCUT2D eigenvalue weighted by Gasteiger charge is -2.39. The third-order valence-electron chi connectivity index (χ3n) is 5.40. The van der Waals surface area contributed by atoms with Gasteiger partial charge in [0.05, 0.1) is 19.3 Å². The number of β-amino-alcohol motifs (C(OH)–C–C–N with tert-alkyl or cyclic N) is 1. The van der Waals surface area contributed by atoms with Crippen LogP contribution in [0.1, 0.15) is 30.4 Å². The second kappa shape index (κ2) is 7.72. The molecule has 2 aliphatic rings. The van der Waals surface area contributed by atoms with Gasteiger partial charge in [0.2, 0.25) is 5.91 Å². The van der Waals surface area contributed by atoms with Crippen LogP contribution in [-0.2, 0) is 14.9 Å². The molecule has 0 spiro atoms. The SMILES string of the molecule is COc1ccc(C)cc1C1(CNC(=O)[C@@H]2C[C@@H](O)CN2)CCOCC1. The molecule has 2 atom stereocenters. The summed E-state index contributed by atoms with van der Waals surface area (Å²) in [6, 6.07) is 5.89. The topological polar surface area (TPSA) is 79.8 Å². The Morgan fingerprint density at radius 1 is 1.44 bits per heavy atom. The van der Waals surface area contributed by atoms with E-state index in [1.54, 1.807) is 7.11 Å². The molecule has 0 saturated carbocycles. The zero-order valence-corrected chi connectivity index (χ0v) is 15.0. The molecule has 0 aromatic heterocycles. The molecule has 6 nitrogen and oxygen atoms in total. The van der Waals surface area contributed by atoms with Crippen molar-refractivity contribution in [2.75, 3.05) is 33.4 Å². The van der Waals surface area contributed by atoms with Gasteiger partial charge in [-0.05, 0) is 32.3 Å². The van der Waals surface area contributed by atoms with Gasteiger partial charge in [-0.1, -0.05) is 17.7 Å². The van der Waals surface area contributed by atoms with E-state index in [9.17, 15) is 9.90 Å². The van der Waals surface area contributed by atoms with Gasteiger partial charge in [-0.3, -0.25) is 4.79 Å². The Morgan fingerprint density at radius 2 is 2.20 bits per heavy atom. The summed E-state index contributed by atoms with van der Waals surface area (Å²) in [5.41, 5.74) is 2.12. The lowest BCUT2D eigenvalue weighted by Crippen LogP contribution is -2.49. The highest BCUT2D eigenvalue weighted by Crippen LogP contribution is 2.40. The molecule has 2 aliphatic heterocycles. The van der Waals surface area contributed by atoms with Crippen molar-refractivity contribution in [2.24, 2.45) is 0 Å². The molecule has 0 aliphatic carbocycles. The number of ether oxygens (including phenoxy) is 2. The second-order valence-electron chi connectivity index (χ2n) is 7.16. The summed E-state index contributed by atoms with van der Waals surface area (Å²) in [4.78, 5) is 12.5. The van der Waals surface area contributed by atoms with Crippen LogP contribution in [-0.4, -0.2) is 56.6 Å². The number of rotatable bonds is 5. The van der Waals surface area contributed by atoms with E-state index in [1.165, 1.54) is 5.56 Å². The van der Waals surface area contributed by atoms with Crippen LogP contribution < -0.4 is 15.4 Å². The van der Waals surface area contributed by atoms with Crippen LogP contribution in [0.25, 0.3) is 0 Å². The van der Waals surface area contributed by atoms with Crippen LogP contribution in [0.4, 0.5) is 0 Å². The molecule has 6 heteroatoms. The van der Waals surface area contributed by atoms with E-state index in [0.29, 0.717) is 32.7 Å². The van der Waals surface area contributed by atoms with Gasteiger partial charge in [-0.25, -0.2) is 0 Å². The number of aryl methyl sites for hydroxylation is 1. The highest BCUT2D eigenvalue weighted by atomic mass is 16.5. The van der Waals surface area contributed by atoms with Crippen molar-refractivity contribution in [1.29, 1.82) is 0 Å². The van der Waals surface area contributed by atoms with Gasteiger partial charge in [0, 0.05) is 37.3 Å². The molecule has 1 aromatic rings. The number of nitrogens with one attached hydrogen (secondary N) is 2. The first-order valence-corrected chi connectivity index (χ1v) is 8.96. The van der Waals surface area contributed by atoms with Gasteiger partial charge in [0.15, 0.2) is 0 Å². The minimum atomic E-state index is -0.440. The predicted molar refractivity (Wildman–Crippen MR) is 94.9 cm³/mol. The molecule has 0 unspecified atom stereocenters. The summed E-state index contributed by atoms with van der Waals surface area (Å²) in [5.74, 6) is 0.810. The van der Waals surface area contributed by atoms with E-state index in [2.05, 4.69) is 23.6 Å². The van der Waals surface area contributed by atoms with Gasteiger partial charge in [-0.15, -0.1) is 0 Å². The highest BCUT2D eigenvalue weighted by molar-refractivity contribution is 5.82. The molecule has 0 bridgehead atoms. The number of benzene rings is 1. The van der Waals surface area contributed by atoms with Gasteiger partial charge in [0.25, 0.3) is 0 Å². The molecule has 2 saturated heterocycles. The number of aliphatic hydroxyl groups excluding tert-OH is 1. The molecule has 2 heterocycles. The molecular formula is C19H28N2O4. The Kier molecular flexibility index (Phi) is 5.61. The third-order valence-corrected chi connectivity index (χ3v) is 5.40. The third kappa shape index (κ3) is 3.97. The fraction of sp³-hybridized carbons (Fsp3) is 0.632. The predicted octanol–water partition coefficient (Wildman–Crippen LogP) is 0.891. The summed E-state index contributed by atoms with van der Waals surface area (Å²) < 4.78 is 11.2. The van der Waals surface area contributed by atoms with Crippen molar-refractivity contribution in [3.05, 3.63) is 29.3 Å². The molecule has 3 rings (SSSR count). The lowest BCUT2D eigenvalue weighted by atomic mass is 9.73. The van der Waals surface area contributed by atoms with Crippen molar-refractivity contribution in [1.82, 2.24) is 10.6 Å². The number of carbonyl (C=O) groups is 1. The van der Waals surface area contributed by atoms with Crippen LogP contribution in [0.2, 0.25) is 0 Å². The van der Waals surface area contributed by atoms with Crippen LogP contribution in [0.3, 0.4) is 0 Å². The van der Waals surface area contributed by atoms with Crippen molar-refractivity contribution >= 4 is 5.91 Å². The van der Waals surface area contributed by atoms with Gasteiger partial charge in [-0.2, -0.15) is 0 Å². The quantitative estimate of drug-likeness (QED) is 0.736. The standard InChI is InChI=1S/C19H28N2O4/c1-13-3-4-17(24-2)15(9-13)19(5-7-25-8-6-19)12-21-18(23)16-10-14(22)11-20-16/h3-4,9,14,16,20,22H,5-8,10-12H2,1-2H3,(H,21,23)/t14-,16+/m1/s1. The van der Waals surface area contributed by atoms with Crippen molar-refractivity contribution in [3.63, 3.8) is 0 Å². The largest absolute Gasteiger partial charge is 0.496 e. The van der Waals surface area contributed by atoms with Crippen LogP contribution in [0.15, 0.2) is 18.2 Å².